The van der Waals surface area contributed by atoms with Crippen LogP contribution in [0.2, 0.25) is 0 Å². The van der Waals surface area contributed by atoms with Crippen molar-refractivity contribution in [3.05, 3.63) is 59.7 Å². The SMILES string of the molecule is CCNC(=O)c1ccccc1NC(=O)COc1ccccc1C(C)(C)C. The molecule has 5 nitrogen and oxygen atoms in total. The van der Waals surface area contributed by atoms with Crippen LogP contribution in [0.25, 0.3) is 0 Å². The highest BCUT2D eigenvalue weighted by Gasteiger charge is 2.19. The molecule has 0 spiro atoms. The molecule has 0 fully saturated rings. The monoisotopic (exact) mass is 354 g/mol. The van der Waals surface area contributed by atoms with E-state index in [0.717, 1.165) is 5.56 Å². The summed E-state index contributed by atoms with van der Waals surface area (Å²) >= 11 is 0. The molecular weight excluding hydrogens is 328 g/mol. The fourth-order valence-electron chi connectivity index (χ4n) is 2.59. The van der Waals surface area contributed by atoms with E-state index in [1.165, 1.54) is 0 Å². The lowest BCUT2D eigenvalue weighted by molar-refractivity contribution is -0.118. The van der Waals surface area contributed by atoms with E-state index in [1.54, 1.807) is 24.3 Å². The molecule has 0 atom stereocenters. The van der Waals surface area contributed by atoms with Gasteiger partial charge in [0.1, 0.15) is 5.75 Å². The average Bonchev–Trinajstić information content (AvgIpc) is 2.60. The molecule has 0 aliphatic rings. The van der Waals surface area contributed by atoms with Gasteiger partial charge < -0.3 is 15.4 Å². The molecule has 0 bridgehead atoms. The van der Waals surface area contributed by atoms with Crippen molar-refractivity contribution in [3.8, 4) is 5.75 Å². The van der Waals surface area contributed by atoms with E-state index in [9.17, 15) is 9.59 Å². The second-order valence-electron chi connectivity index (χ2n) is 6.99. The number of amides is 2. The molecule has 2 aromatic carbocycles. The topological polar surface area (TPSA) is 67.4 Å². The third-order valence-corrected chi connectivity index (χ3v) is 3.84. The third kappa shape index (κ3) is 5.09. The van der Waals surface area contributed by atoms with Crippen molar-refractivity contribution in [2.45, 2.75) is 33.1 Å². The summed E-state index contributed by atoms with van der Waals surface area (Å²) in [4.78, 5) is 24.4. The van der Waals surface area contributed by atoms with E-state index in [0.29, 0.717) is 23.5 Å². The molecule has 5 heteroatoms. The third-order valence-electron chi connectivity index (χ3n) is 3.84. The molecule has 2 amide bonds. The van der Waals surface area contributed by atoms with Gasteiger partial charge >= 0.3 is 0 Å². The number of rotatable bonds is 6. The van der Waals surface area contributed by atoms with Crippen molar-refractivity contribution >= 4 is 17.5 Å². The van der Waals surface area contributed by atoms with Crippen LogP contribution in [0.3, 0.4) is 0 Å². The van der Waals surface area contributed by atoms with Crippen molar-refractivity contribution < 1.29 is 14.3 Å². The van der Waals surface area contributed by atoms with Gasteiger partial charge in [0, 0.05) is 6.54 Å². The van der Waals surface area contributed by atoms with Crippen LogP contribution in [0.1, 0.15) is 43.6 Å². The first kappa shape index (κ1) is 19.5. The Bertz CT molecular complexity index is 779. The number of anilines is 1. The molecule has 0 aromatic heterocycles. The Morgan fingerprint density at radius 1 is 1.00 bits per heavy atom. The van der Waals surface area contributed by atoms with E-state index < -0.39 is 0 Å². The molecule has 26 heavy (non-hydrogen) atoms. The Morgan fingerprint density at radius 2 is 1.65 bits per heavy atom. The van der Waals surface area contributed by atoms with Gasteiger partial charge in [0.15, 0.2) is 6.61 Å². The van der Waals surface area contributed by atoms with Crippen molar-refractivity contribution in [1.29, 1.82) is 0 Å². The Morgan fingerprint density at radius 3 is 2.35 bits per heavy atom. The highest BCUT2D eigenvalue weighted by Crippen LogP contribution is 2.30. The molecule has 0 aliphatic carbocycles. The Kier molecular flexibility index (Phi) is 6.39. The average molecular weight is 354 g/mol. The van der Waals surface area contributed by atoms with Crippen LogP contribution in [0.4, 0.5) is 5.69 Å². The zero-order valence-corrected chi connectivity index (χ0v) is 15.8. The zero-order chi connectivity index (χ0) is 19.2. The van der Waals surface area contributed by atoms with Crippen LogP contribution in [-0.2, 0) is 10.2 Å². The van der Waals surface area contributed by atoms with Gasteiger partial charge in [-0.05, 0) is 36.1 Å². The lowest BCUT2D eigenvalue weighted by Crippen LogP contribution is -2.26. The molecule has 2 N–H and O–H groups in total. The molecular formula is C21H26N2O3. The lowest BCUT2D eigenvalue weighted by Gasteiger charge is -2.22. The maximum atomic E-state index is 12.3. The van der Waals surface area contributed by atoms with E-state index in [4.69, 9.17) is 4.74 Å². The van der Waals surface area contributed by atoms with Gasteiger partial charge in [-0.15, -0.1) is 0 Å². The first-order chi connectivity index (χ1) is 12.3. The standard InChI is InChI=1S/C21H26N2O3/c1-5-22-20(25)15-10-6-8-12-17(15)23-19(24)14-26-18-13-9-7-11-16(18)21(2,3)4/h6-13H,5,14H2,1-4H3,(H,22,25)(H,23,24). The number of para-hydroxylation sites is 2. The van der Waals surface area contributed by atoms with Crippen LogP contribution in [0, 0.1) is 0 Å². The zero-order valence-electron chi connectivity index (χ0n) is 15.8. The highest BCUT2D eigenvalue weighted by molar-refractivity contribution is 6.04. The van der Waals surface area contributed by atoms with E-state index in [1.807, 2.05) is 31.2 Å². The first-order valence-electron chi connectivity index (χ1n) is 8.72. The smallest absolute Gasteiger partial charge is 0.262 e. The van der Waals surface area contributed by atoms with Crippen molar-refractivity contribution in [2.24, 2.45) is 0 Å². The van der Waals surface area contributed by atoms with Crippen molar-refractivity contribution in [3.63, 3.8) is 0 Å². The summed E-state index contributed by atoms with van der Waals surface area (Å²) in [7, 11) is 0. The summed E-state index contributed by atoms with van der Waals surface area (Å²) in [6.07, 6.45) is 0. The van der Waals surface area contributed by atoms with Crippen LogP contribution in [0.15, 0.2) is 48.5 Å². The predicted molar refractivity (Wildman–Crippen MR) is 104 cm³/mol. The van der Waals surface area contributed by atoms with Crippen LogP contribution >= 0.6 is 0 Å². The van der Waals surface area contributed by atoms with Gasteiger partial charge in [0.05, 0.1) is 11.3 Å². The van der Waals surface area contributed by atoms with Crippen LogP contribution < -0.4 is 15.4 Å². The minimum atomic E-state index is -0.314. The van der Waals surface area contributed by atoms with Gasteiger partial charge in [-0.1, -0.05) is 51.1 Å². The minimum absolute atomic E-state index is 0.0854. The molecule has 0 saturated heterocycles. The summed E-state index contributed by atoms with van der Waals surface area (Å²) in [5.74, 6) is 0.153. The molecule has 2 rings (SSSR count). The van der Waals surface area contributed by atoms with Gasteiger partial charge in [-0.25, -0.2) is 0 Å². The summed E-state index contributed by atoms with van der Waals surface area (Å²) in [6, 6.07) is 14.6. The summed E-state index contributed by atoms with van der Waals surface area (Å²) in [5.41, 5.74) is 1.85. The van der Waals surface area contributed by atoms with E-state index in [-0.39, 0.29) is 23.8 Å². The van der Waals surface area contributed by atoms with Crippen LogP contribution in [-0.4, -0.2) is 25.0 Å². The van der Waals surface area contributed by atoms with Crippen molar-refractivity contribution in [2.75, 3.05) is 18.5 Å². The maximum absolute atomic E-state index is 12.3. The number of carbonyl (C=O) groups is 2. The Labute approximate surface area is 154 Å². The number of hydrogen-bond acceptors (Lipinski definition) is 3. The number of hydrogen-bond donors (Lipinski definition) is 2. The molecule has 0 radical (unpaired) electrons. The molecule has 0 aliphatic heterocycles. The summed E-state index contributed by atoms with van der Waals surface area (Å²) in [6.45, 7) is 8.53. The number of carbonyl (C=O) groups excluding carboxylic acids is 2. The Balaban J connectivity index is 2.06. The fourth-order valence-corrected chi connectivity index (χ4v) is 2.59. The van der Waals surface area contributed by atoms with Gasteiger partial charge in [0.25, 0.3) is 11.8 Å². The van der Waals surface area contributed by atoms with Gasteiger partial charge in [0.2, 0.25) is 0 Å². The number of ether oxygens (including phenoxy) is 1. The van der Waals surface area contributed by atoms with Gasteiger partial charge in [-0.3, -0.25) is 9.59 Å². The maximum Gasteiger partial charge on any atom is 0.262 e. The minimum Gasteiger partial charge on any atom is -0.483 e. The molecule has 0 unspecified atom stereocenters. The van der Waals surface area contributed by atoms with Crippen molar-refractivity contribution in [1.82, 2.24) is 5.32 Å². The molecule has 0 heterocycles. The molecule has 0 saturated carbocycles. The van der Waals surface area contributed by atoms with Crippen LogP contribution in [0.5, 0.6) is 5.75 Å². The number of benzene rings is 2. The highest BCUT2D eigenvalue weighted by atomic mass is 16.5. The first-order valence-corrected chi connectivity index (χ1v) is 8.72. The largest absolute Gasteiger partial charge is 0.483 e. The fraction of sp³-hybridized carbons (Fsp3) is 0.333. The van der Waals surface area contributed by atoms with E-state index in [2.05, 4.69) is 31.4 Å². The second-order valence-corrected chi connectivity index (χ2v) is 6.99. The Hall–Kier alpha value is -2.82. The van der Waals surface area contributed by atoms with Gasteiger partial charge in [-0.2, -0.15) is 0 Å². The molecule has 2 aromatic rings. The molecule has 138 valence electrons. The normalized spacial score (nSPS) is 10.9. The van der Waals surface area contributed by atoms with E-state index >= 15 is 0 Å². The quantitative estimate of drug-likeness (QED) is 0.830. The summed E-state index contributed by atoms with van der Waals surface area (Å²) in [5, 5.41) is 5.49. The lowest BCUT2D eigenvalue weighted by atomic mass is 9.86. The number of nitrogens with one attached hydrogen (secondary N) is 2. The second kappa shape index (κ2) is 8.52. The predicted octanol–water partition coefficient (Wildman–Crippen LogP) is 3.75. The summed E-state index contributed by atoms with van der Waals surface area (Å²) < 4.78 is 5.73.